The van der Waals surface area contributed by atoms with E-state index in [0.717, 1.165) is 44.9 Å². The van der Waals surface area contributed by atoms with Gasteiger partial charge in [0.2, 0.25) is 5.91 Å². The van der Waals surface area contributed by atoms with Gasteiger partial charge in [-0.05, 0) is 38.3 Å². The molecule has 0 bridgehead atoms. The summed E-state index contributed by atoms with van der Waals surface area (Å²) in [6.45, 7) is 8.35. The first-order valence-electron chi connectivity index (χ1n) is 6.66. The molecule has 2 heterocycles. The Bertz CT molecular complexity index is 259. The lowest BCUT2D eigenvalue weighted by atomic mass is 9.79. The molecule has 0 saturated carbocycles. The summed E-state index contributed by atoms with van der Waals surface area (Å²) in [5.74, 6) is 1.15. The predicted octanol–water partition coefficient (Wildman–Crippen LogP) is 1.63. The molecule has 1 atom stereocenters. The summed E-state index contributed by atoms with van der Waals surface area (Å²) in [4.78, 5) is 14.6. The predicted molar refractivity (Wildman–Crippen MR) is 65.2 cm³/mol. The van der Waals surface area contributed by atoms with Crippen molar-refractivity contribution in [2.75, 3.05) is 26.2 Å². The molecule has 2 rings (SSSR count). The molecule has 0 spiro atoms. The van der Waals surface area contributed by atoms with E-state index >= 15 is 0 Å². The first-order chi connectivity index (χ1) is 7.65. The lowest BCUT2D eigenvalue weighted by Gasteiger charge is -2.36. The molecule has 16 heavy (non-hydrogen) atoms. The third kappa shape index (κ3) is 2.24. The van der Waals surface area contributed by atoms with Gasteiger partial charge >= 0.3 is 0 Å². The van der Waals surface area contributed by atoms with E-state index in [1.807, 2.05) is 0 Å². The minimum Gasteiger partial charge on any atom is -0.342 e. The first kappa shape index (κ1) is 11.9. The maximum atomic E-state index is 12.5. The van der Waals surface area contributed by atoms with Crippen LogP contribution in [0.5, 0.6) is 0 Å². The summed E-state index contributed by atoms with van der Waals surface area (Å²) in [5, 5.41) is 3.33. The van der Waals surface area contributed by atoms with E-state index in [9.17, 15) is 4.79 Å². The number of carbonyl (C=O) groups is 1. The van der Waals surface area contributed by atoms with Crippen molar-refractivity contribution in [3.8, 4) is 0 Å². The fourth-order valence-electron chi connectivity index (χ4n) is 2.92. The standard InChI is InChI=1S/C13H24N2O/c1-3-11-4-9-15(10-11)12(16)13(2)5-7-14-8-6-13/h11,14H,3-10H2,1-2H3. The van der Waals surface area contributed by atoms with Crippen molar-refractivity contribution >= 4 is 5.91 Å². The molecule has 2 aliphatic rings. The Labute approximate surface area is 98.6 Å². The van der Waals surface area contributed by atoms with Crippen LogP contribution in [0.1, 0.15) is 39.5 Å². The summed E-state index contributed by atoms with van der Waals surface area (Å²) in [7, 11) is 0. The number of hydrogen-bond acceptors (Lipinski definition) is 2. The van der Waals surface area contributed by atoms with Crippen molar-refractivity contribution < 1.29 is 4.79 Å². The van der Waals surface area contributed by atoms with Gasteiger partial charge in [-0.25, -0.2) is 0 Å². The highest BCUT2D eigenvalue weighted by Gasteiger charge is 2.39. The van der Waals surface area contributed by atoms with Crippen molar-refractivity contribution in [2.45, 2.75) is 39.5 Å². The van der Waals surface area contributed by atoms with Crippen LogP contribution < -0.4 is 5.32 Å². The minimum atomic E-state index is -0.0894. The molecule has 3 nitrogen and oxygen atoms in total. The molecular weight excluding hydrogens is 200 g/mol. The Morgan fingerprint density at radius 2 is 2.12 bits per heavy atom. The summed E-state index contributed by atoms with van der Waals surface area (Å²) >= 11 is 0. The molecule has 1 amide bonds. The van der Waals surface area contributed by atoms with Gasteiger partial charge in [0.05, 0.1) is 0 Å². The fourth-order valence-corrected chi connectivity index (χ4v) is 2.92. The molecular formula is C13H24N2O. The number of nitrogens with one attached hydrogen (secondary N) is 1. The van der Waals surface area contributed by atoms with Crippen LogP contribution in [0.4, 0.5) is 0 Å². The summed E-state index contributed by atoms with van der Waals surface area (Å²) < 4.78 is 0. The zero-order valence-electron chi connectivity index (χ0n) is 10.6. The number of carbonyl (C=O) groups excluding carboxylic acids is 1. The van der Waals surface area contributed by atoms with E-state index in [-0.39, 0.29) is 5.41 Å². The lowest BCUT2D eigenvalue weighted by molar-refractivity contribution is -0.141. The second-order valence-corrected chi connectivity index (χ2v) is 5.62. The summed E-state index contributed by atoms with van der Waals surface area (Å²) in [6.07, 6.45) is 4.41. The van der Waals surface area contributed by atoms with Crippen LogP contribution in [0.2, 0.25) is 0 Å². The van der Waals surface area contributed by atoms with Crippen molar-refractivity contribution in [2.24, 2.45) is 11.3 Å². The molecule has 3 heteroatoms. The molecule has 2 saturated heterocycles. The molecule has 0 aromatic carbocycles. The number of nitrogens with zero attached hydrogens (tertiary/aromatic N) is 1. The van der Waals surface area contributed by atoms with Gasteiger partial charge in [-0.1, -0.05) is 20.3 Å². The Balaban J connectivity index is 1.96. The molecule has 0 aromatic heterocycles. The maximum Gasteiger partial charge on any atom is 0.228 e. The zero-order valence-corrected chi connectivity index (χ0v) is 10.6. The number of amides is 1. The van der Waals surface area contributed by atoms with Crippen LogP contribution in [-0.4, -0.2) is 37.0 Å². The quantitative estimate of drug-likeness (QED) is 0.773. The highest BCUT2D eigenvalue weighted by atomic mass is 16.2. The molecule has 1 N–H and O–H groups in total. The van der Waals surface area contributed by atoms with Gasteiger partial charge in [0, 0.05) is 18.5 Å². The number of hydrogen-bond donors (Lipinski definition) is 1. The molecule has 1 unspecified atom stereocenters. The van der Waals surface area contributed by atoms with E-state index in [2.05, 4.69) is 24.1 Å². The molecule has 92 valence electrons. The fraction of sp³-hybridized carbons (Fsp3) is 0.923. The second-order valence-electron chi connectivity index (χ2n) is 5.62. The van der Waals surface area contributed by atoms with Crippen molar-refractivity contribution in [3.63, 3.8) is 0 Å². The maximum absolute atomic E-state index is 12.5. The molecule has 2 aliphatic heterocycles. The number of likely N-dealkylation sites (tertiary alicyclic amines) is 1. The van der Waals surface area contributed by atoms with Crippen LogP contribution in [0.3, 0.4) is 0 Å². The first-order valence-corrected chi connectivity index (χ1v) is 6.66. The Morgan fingerprint density at radius 3 is 2.69 bits per heavy atom. The van der Waals surface area contributed by atoms with E-state index in [1.165, 1.54) is 12.8 Å². The van der Waals surface area contributed by atoms with Crippen molar-refractivity contribution in [1.29, 1.82) is 0 Å². The van der Waals surface area contributed by atoms with E-state index in [4.69, 9.17) is 0 Å². The third-order valence-electron chi connectivity index (χ3n) is 4.37. The molecule has 0 aliphatic carbocycles. The van der Waals surface area contributed by atoms with Crippen LogP contribution in [0.25, 0.3) is 0 Å². The molecule has 2 fully saturated rings. The van der Waals surface area contributed by atoms with Gasteiger partial charge in [-0.3, -0.25) is 4.79 Å². The molecule has 0 aromatic rings. The highest BCUT2D eigenvalue weighted by Crippen LogP contribution is 2.32. The monoisotopic (exact) mass is 224 g/mol. The van der Waals surface area contributed by atoms with Crippen LogP contribution in [-0.2, 0) is 4.79 Å². The smallest absolute Gasteiger partial charge is 0.228 e. The number of piperidine rings is 1. The minimum absolute atomic E-state index is 0.0894. The van der Waals surface area contributed by atoms with Crippen molar-refractivity contribution in [3.05, 3.63) is 0 Å². The Hall–Kier alpha value is -0.570. The SMILES string of the molecule is CCC1CCN(C(=O)C2(C)CCNCC2)C1. The van der Waals surface area contributed by atoms with E-state index in [1.54, 1.807) is 0 Å². The average Bonchev–Trinajstić information content (AvgIpc) is 2.77. The van der Waals surface area contributed by atoms with E-state index in [0.29, 0.717) is 5.91 Å². The lowest BCUT2D eigenvalue weighted by Crippen LogP contribution is -2.47. The van der Waals surface area contributed by atoms with Crippen LogP contribution in [0, 0.1) is 11.3 Å². The highest BCUT2D eigenvalue weighted by molar-refractivity contribution is 5.82. The molecule has 0 radical (unpaired) electrons. The zero-order chi connectivity index (χ0) is 11.6. The average molecular weight is 224 g/mol. The Morgan fingerprint density at radius 1 is 1.44 bits per heavy atom. The number of rotatable bonds is 2. The van der Waals surface area contributed by atoms with Gasteiger partial charge in [-0.15, -0.1) is 0 Å². The Kier molecular flexibility index (Phi) is 3.53. The summed E-state index contributed by atoms with van der Waals surface area (Å²) in [5.41, 5.74) is -0.0894. The van der Waals surface area contributed by atoms with Gasteiger partial charge < -0.3 is 10.2 Å². The van der Waals surface area contributed by atoms with Gasteiger partial charge in [0.15, 0.2) is 0 Å². The largest absolute Gasteiger partial charge is 0.342 e. The third-order valence-corrected chi connectivity index (χ3v) is 4.37. The van der Waals surface area contributed by atoms with Crippen LogP contribution >= 0.6 is 0 Å². The van der Waals surface area contributed by atoms with Crippen molar-refractivity contribution in [1.82, 2.24) is 10.2 Å². The normalized spacial score (nSPS) is 29.4. The van der Waals surface area contributed by atoms with Gasteiger partial charge in [0.1, 0.15) is 0 Å². The topological polar surface area (TPSA) is 32.3 Å². The van der Waals surface area contributed by atoms with Gasteiger partial charge in [-0.2, -0.15) is 0 Å². The van der Waals surface area contributed by atoms with Crippen LogP contribution in [0.15, 0.2) is 0 Å². The second kappa shape index (κ2) is 4.74. The summed E-state index contributed by atoms with van der Waals surface area (Å²) in [6, 6.07) is 0. The van der Waals surface area contributed by atoms with Gasteiger partial charge in [0.25, 0.3) is 0 Å². The van der Waals surface area contributed by atoms with E-state index < -0.39 is 0 Å².